The van der Waals surface area contributed by atoms with Crippen molar-refractivity contribution in [2.45, 2.75) is 0 Å². The summed E-state index contributed by atoms with van der Waals surface area (Å²) in [4.78, 5) is 10.9. The van der Waals surface area contributed by atoms with Crippen LogP contribution in [0.3, 0.4) is 0 Å². The molecule has 3 heteroatoms. The lowest BCUT2D eigenvalue weighted by atomic mass is 10.2. The van der Waals surface area contributed by atoms with Gasteiger partial charge in [-0.05, 0) is 12.2 Å². The number of carbonyl (C=O) groups is 1. The van der Waals surface area contributed by atoms with E-state index in [1.807, 2.05) is 0 Å². The quantitative estimate of drug-likeness (QED) is 0.384. The van der Waals surface area contributed by atoms with Crippen molar-refractivity contribution >= 4 is 5.97 Å². The molecule has 0 aliphatic heterocycles. The van der Waals surface area contributed by atoms with Gasteiger partial charge in [-0.2, -0.15) is 0 Å². The molecule has 0 aromatic carbocycles. The number of ether oxygens (including phenoxy) is 1. The smallest absolute Gasteiger partial charge is 0.337 e. The van der Waals surface area contributed by atoms with E-state index in [0.29, 0.717) is 5.57 Å². The lowest BCUT2D eigenvalue weighted by Gasteiger charge is -1.97. The van der Waals surface area contributed by atoms with Crippen LogP contribution in [0.2, 0.25) is 0 Å². The number of allylic oxidation sites excluding steroid dienone is 2. The minimum Gasteiger partial charge on any atom is -0.465 e. The van der Waals surface area contributed by atoms with Crippen LogP contribution in [-0.2, 0) is 9.53 Å². The SMILES string of the molecule is C=C/C=C(\C=C/CO)C(=O)OC. The Hall–Kier alpha value is -1.35. The van der Waals surface area contributed by atoms with Crippen LogP contribution in [0.4, 0.5) is 0 Å². The maximum Gasteiger partial charge on any atom is 0.337 e. The van der Waals surface area contributed by atoms with Gasteiger partial charge in [-0.3, -0.25) is 0 Å². The molecule has 0 aromatic rings. The van der Waals surface area contributed by atoms with Crippen LogP contribution in [0.25, 0.3) is 0 Å². The summed E-state index contributed by atoms with van der Waals surface area (Å²) >= 11 is 0. The van der Waals surface area contributed by atoms with Crippen molar-refractivity contribution < 1.29 is 14.6 Å². The number of aliphatic hydroxyl groups is 1. The lowest BCUT2D eigenvalue weighted by Crippen LogP contribution is -2.02. The number of hydrogen-bond acceptors (Lipinski definition) is 3. The molecule has 0 rings (SSSR count). The largest absolute Gasteiger partial charge is 0.465 e. The molecule has 0 aromatic heterocycles. The maximum atomic E-state index is 10.9. The first-order valence-corrected chi connectivity index (χ1v) is 3.44. The van der Waals surface area contributed by atoms with Gasteiger partial charge in [-0.15, -0.1) is 0 Å². The first kappa shape index (κ1) is 10.7. The Balaban J connectivity index is 4.44. The Labute approximate surface area is 71.7 Å². The van der Waals surface area contributed by atoms with Gasteiger partial charge in [0, 0.05) is 0 Å². The van der Waals surface area contributed by atoms with Crippen LogP contribution in [0.1, 0.15) is 0 Å². The molecule has 12 heavy (non-hydrogen) atoms. The average Bonchev–Trinajstić information content (AvgIpc) is 2.11. The molecule has 0 heterocycles. The van der Waals surface area contributed by atoms with Gasteiger partial charge in [0.2, 0.25) is 0 Å². The number of aliphatic hydroxyl groups excluding tert-OH is 1. The van der Waals surface area contributed by atoms with Gasteiger partial charge in [0.15, 0.2) is 0 Å². The van der Waals surface area contributed by atoms with E-state index in [1.54, 1.807) is 0 Å². The van der Waals surface area contributed by atoms with Gasteiger partial charge in [0.25, 0.3) is 0 Å². The summed E-state index contributed by atoms with van der Waals surface area (Å²) in [5.41, 5.74) is 0.363. The van der Waals surface area contributed by atoms with Crippen molar-refractivity contribution in [3.8, 4) is 0 Å². The number of hydrogen-bond donors (Lipinski definition) is 1. The molecule has 0 aliphatic rings. The van der Waals surface area contributed by atoms with Gasteiger partial charge < -0.3 is 9.84 Å². The zero-order chi connectivity index (χ0) is 9.40. The van der Waals surface area contributed by atoms with Gasteiger partial charge in [-0.25, -0.2) is 4.79 Å². The van der Waals surface area contributed by atoms with E-state index < -0.39 is 5.97 Å². The molecule has 0 saturated heterocycles. The fourth-order valence-corrected chi connectivity index (χ4v) is 0.616. The fraction of sp³-hybridized carbons (Fsp3) is 0.222. The summed E-state index contributed by atoms with van der Waals surface area (Å²) < 4.78 is 4.47. The van der Waals surface area contributed by atoms with Crippen LogP contribution in [-0.4, -0.2) is 24.8 Å². The molecule has 0 aliphatic carbocycles. The predicted octanol–water partition coefficient (Wildman–Crippen LogP) is 0.820. The molecule has 0 atom stereocenters. The van der Waals surface area contributed by atoms with Crippen molar-refractivity contribution in [3.05, 3.63) is 36.5 Å². The summed E-state index contributed by atoms with van der Waals surface area (Å²) in [5.74, 6) is -0.445. The molecule has 0 bridgehead atoms. The lowest BCUT2D eigenvalue weighted by molar-refractivity contribution is -0.135. The number of esters is 1. The summed E-state index contributed by atoms with van der Waals surface area (Å²) in [6.45, 7) is 3.34. The van der Waals surface area contributed by atoms with Gasteiger partial charge in [0.05, 0.1) is 19.3 Å². The Kier molecular flexibility index (Phi) is 5.65. The van der Waals surface area contributed by atoms with E-state index in [4.69, 9.17) is 5.11 Å². The third-order valence-electron chi connectivity index (χ3n) is 1.12. The predicted molar refractivity (Wildman–Crippen MR) is 46.5 cm³/mol. The molecule has 0 amide bonds. The molecule has 0 radical (unpaired) electrons. The summed E-state index contributed by atoms with van der Waals surface area (Å²) in [6, 6.07) is 0. The monoisotopic (exact) mass is 168 g/mol. The van der Waals surface area contributed by atoms with Crippen molar-refractivity contribution in [2.75, 3.05) is 13.7 Å². The summed E-state index contributed by atoms with van der Waals surface area (Å²) in [5, 5.41) is 8.45. The number of methoxy groups -OCH3 is 1. The molecule has 0 fully saturated rings. The van der Waals surface area contributed by atoms with E-state index in [1.165, 1.54) is 31.4 Å². The molecule has 3 nitrogen and oxygen atoms in total. The van der Waals surface area contributed by atoms with E-state index in [2.05, 4.69) is 11.3 Å². The Bertz CT molecular complexity index is 214. The molecule has 0 spiro atoms. The standard InChI is InChI=1S/C9H12O3/c1-3-5-8(6-4-7-10)9(11)12-2/h3-6,10H,1,7H2,2H3/b6-4-,8-5+. The van der Waals surface area contributed by atoms with Crippen LogP contribution in [0, 0.1) is 0 Å². The highest BCUT2D eigenvalue weighted by Gasteiger charge is 2.02. The van der Waals surface area contributed by atoms with Crippen LogP contribution < -0.4 is 0 Å². The maximum absolute atomic E-state index is 10.9. The summed E-state index contributed by atoms with van der Waals surface area (Å²) in [7, 11) is 1.30. The second-order valence-corrected chi connectivity index (χ2v) is 1.93. The van der Waals surface area contributed by atoms with E-state index in [9.17, 15) is 4.79 Å². The topological polar surface area (TPSA) is 46.5 Å². The number of carbonyl (C=O) groups excluding carboxylic acids is 1. The van der Waals surface area contributed by atoms with Gasteiger partial charge in [0.1, 0.15) is 0 Å². The van der Waals surface area contributed by atoms with Crippen LogP contribution >= 0.6 is 0 Å². The van der Waals surface area contributed by atoms with Crippen molar-refractivity contribution in [3.63, 3.8) is 0 Å². The Morgan fingerprint density at radius 3 is 2.75 bits per heavy atom. The molecular formula is C9H12O3. The summed E-state index contributed by atoms with van der Waals surface area (Å²) in [6.07, 6.45) is 5.92. The second-order valence-electron chi connectivity index (χ2n) is 1.93. The van der Waals surface area contributed by atoms with Crippen LogP contribution in [0.15, 0.2) is 36.5 Å². The van der Waals surface area contributed by atoms with Crippen molar-refractivity contribution in [1.82, 2.24) is 0 Å². The molecular weight excluding hydrogens is 156 g/mol. The third kappa shape index (κ3) is 3.73. The van der Waals surface area contributed by atoms with Crippen molar-refractivity contribution in [1.29, 1.82) is 0 Å². The third-order valence-corrected chi connectivity index (χ3v) is 1.12. The minimum absolute atomic E-state index is 0.106. The zero-order valence-electron chi connectivity index (χ0n) is 6.99. The highest BCUT2D eigenvalue weighted by molar-refractivity contribution is 5.91. The molecule has 66 valence electrons. The highest BCUT2D eigenvalue weighted by atomic mass is 16.5. The normalized spacial score (nSPS) is 11.7. The fourth-order valence-electron chi connectivity index (χ4n) is 0.616. The van der Waals surface area contributed by atoms with E-state index in [-0.39, 0.29) is 6.61 Å². The highest BCUT2D eigenvalue weighted by Crippen LogP contribution is 1.99. The minimum atomic E-state index is -0.445. The molecule has 1 N–H and O–H groups in total. The van der Waals surface area contributed by atoms with Gasteiger partial charge >= 0.3 is 5.97 Å². The zero-order valence-corrected chi connectivity index (χ0v) is 6.99. The number of rotatable bonds is 4. The molecule has 0 unspecified atom stereocenters. The van der Waals surface area contributed by atoms with E-state index in [0.717, 1.165) is 0 Å². The first-order chi connectivity index (χ1) is 5.76. The van der Waals surface area contributed by atoms with Gasteiger partial charge in [-0.1, -0.05) is 18.7 Å². The first-order valence-electron chi connectivity index (χ1n) is 3.44. The second kappa shape index (κ2) is 6.37. The van der Waals surface area contributed by atoms with Crippen molar-refractivity contribution in [2.24, 2.45) is 0 Å². The van der Waals surface area contributed by atoms with E-state index >= 15 is 0 Å². The molecule has 0 saturated carbocycles. The Morgan fingerprint density at radius 1 is 1.67 bits per heavy atom. The Morgan fingerprint density at radius 2 is 2.33 bits per heavy atom. The average molecular weight is 168 g/mol. The van der Waals surface area contributed by atoms with Crippen LogP contribution in [0.5, 0.6) is 0 Å².